The molecule has 25 heavy (non-hydrogen) atoms. The summed E-state index contributed by atoms with van der Waals surface area (Å²) < 4.78 is 6.07. The highest BCUT2D eigenvalue weighted by Gasteiger charge is 2.15. The van der Waals surface area contributed by atoms with Gasteiger partial charge in [-0.1, -0.05) is 30.3 Å². The molecule has 1 N–H and O–H groups in total. The minimum absolute atomic E-state index is 0.597. The van der Waals surface area contributed by atoms with E-state index in [9.17, 15) is 5.26 Å². The molecule has 0 spiro atoms. The number of pyridine rings is 1. The fraction of sp³-hybridized carbons (Fsp3) is 0.100. The summed E-state index contributed by atoms with van der Waals surface area (Å²) in [5.74, 6) is 1.43. The van der Waals surface area contributed by atoms with Crippen molar-refractivity contribution in [1.29, 1.82) is 5.26 Å². The average Bonchev–Trinajstić information content (AvgIpc) is 2.65. The first-order chi connectivity index (χ1) is 12.1. The van der Waals surface area contributed by atoms with E-state index in [-0.39, 0.29) is 0 Å². The quantitative estimate of drug-likeness (QED) is 0.560. The number of hydrogen-bond donors (Lipinski definition) is 1. The Balaban J connectivity index is 2.05. The van der Waals surface area contributed by atoms with Crippen molar-refractivity contribution in [3.05, 3.63) is 69.4 Å². The minimum Gasteiger partial charge on any atom is -0.497 e. The zero-order valence-electron chi connectivity index (χ0n) is 13.9. The van der Waals surface area contributed by atoms with E-state index in [4.69, 9.17) is 4.74 Å². The van der Waals surface area contributed by atoms with Gasteiger partial charge in [0.05, 0.1) is 16.2 Å². The summed E-state index contributed by atoms with van der Waals surface area (Å²) in [6.45, 7) is 2.03. The summed E-state index contributed by atoms with van der Waals surface area (Å²) in [5, 5.41) is 13.0. The highest BCUT2D eigenvalue weighted by Crippen LogP contribution is 2.33. The number of aryl methyl sites for hydroxylation is 1. The van der Waals surface area contributed by atoms with Gasteiger partial charge in [0, 0.05) is 17.4 Å². The van der Waals surface area contributed by atoms with E-state index in [2.05, 4.69) is 39.0 Å². The van der Waals surface area contributed by atoms with E-state index < -0.39 is 0 Å². The molecule has 124 valence electrons. The summed E-state index contributed by atoms with van der Waals surface area (Å²) in [5.41, 5.74) is 4.39. The molecule has 2 aromatic carbocycles. The smallest absolute Gasteiger partial charge is 0.145 e. The number of halogens is 1. The van der Waals surface area contributed by atoms with Gasteiger partial charge in [0.15, 0.2) is 0 Å². The average molecular weight is 441 g/mol. The van der Waals surface area contributed by atoms with Crippen molar-refractivity contribution in [3.8, 4) is 22.9 Å². The number of anilines is 2. The second kappa shape index (κ2) is 7.53. The second-order valence-electron chi connectivity index (χ2n) is 5.49. The highest BCUT2D eigenvalue weighted by atomic mass is 127. The van der Waals surface area contributed by atoms with E-state index in [1.807, 2.05) is 55.5 Å². The lowest BCUT2D eigenvalue weighted by atomic mass is 10.0. The molecule has 3 rings (SSSR count). The van der Waals surface area contributed by atoms with Crippen molar-refractivity contribution in [2.75, 3.05) is 12.4 Å². The molecule has 3 aromatic rings. The van der Waals surface area contributed by atoms with E-state index >= 15 is 0 Å². The third-order valence-electron chi connectivity index (χ3n) is 3.91. The maximum atomic E-state index is 9.69. The summed E-state index contributed by atoms with van der Waals surface area (Å²) in [6, 6.07) is 17.9. The maximum Gasteiger partial charge on any atom is 0.145 e. The summed E-state index contributed by atoms with van der Waals surface area (Å²) in [6.07, 6.45) is 1.73. The molecule has 0 amide bonds. The fourth-order valence-electron chi connectivity index (χ4n) is 2.53. The SMILES string of the molecule is COc1cccc(-c2cnc(Nc3ccccc3C)c(I)c2C#N)c1. The van der Waals surface area contributed by atoms with Crippen LogP contribution >= 0.6 is 22.6 Å². The summed E-state index contributed by atoms with van der Waals surface area (Å²) in [4.78, 5) is 4.54. The number of nitriles is 1. The Labute approximate surface area is 160 Å². The van der Waals surface area contributed by atoms with Gasteiger partial charge in [0.1, 0.15) is 17.6 Å². The number of rotatable bonds is 4. The molecule has 0 bridgehead atoms. The molecule has 0 radical (unpaired) electrons. The Kier molecular flexibility index (Phi) is 5.19. The van der Waals surface area contributed by atoms with Gasteiger partial charge in [-0.15, -0.1) is 0 Å². The topological polar surface area (TPSA) is 57.9 Å². The molecular formula is C20H16IN3O. The Bertz CT molecular complexity index is 963. The molecule has 0 saturated carbocycles. The van der Waals surface area contributed by atoms with Gasteiger partial charge < -0.3 is 10.1 Å². The molecule has 1 heterocycles. The van der Waals surface area contributed by atoms with Crippen LogP contribution in [-0.2, 0) is 0 Å². The van der Waals surface area contributed by atoms with Crippen LogP contribution in [-0.4, -0.2) is 12.1 Å². The number of aromatic nitrogens is 1. The highest BCUT2D eigenvalue weighted by molar-refractivity contribution is 14.1. The number of methoxy groups -OCH3 is 1. The molecule has 0 aliphatic heterocycles. The van der Waals surface area contributed by atoms with Crippen LogP contribution < -0.4 is 10.1 Å². The largest absolute Gasteiger partial charge is 0.497 e. The predicted octanol–water partition coefficient (Wildman–Crippen LogP) is 5.29. The number of nitrogens with zero attached hydrogens (tertiary/aromatic N) is 2. The van der Waals surface area contributed by atoms with Crippen LogP contribution in [0.25, 0.3) is 11.1 Å². The monoisotopic (exact) mass is 441 g/mol. The van der Waals surface area contributed by atoms with Gasteiger partial charge in [0.2, 0.25) is 0 Å². The van der Waals surface area contributed by atoms with Crippen molar-refractivity contribution in [2.24, 2.45) is 0 Å². The first-order valence-corrected chi connectivity index (χ1v) is 8.77. The molecule has 0 aliphatic carbocycles. The van der Waals surface area contributed by atoms with Crippen molar-refractivity contribution in [1.82, 2.24) is 4.98 Å². The molecule has 0 unspecified atom stereocenters. The van der Waals surface area contributed by atoms with Crippen LogP contribution in [0.4, 0.5) is 11.5 Å². The van der Waals surface area contributed by atoms with Crippen molar-refractivity contribution in [2.45, 2.75) is 6.92 Å². The lowest BCUT2D eigenvalue weighted by Gasteiger charge is -2.13. The standard InChI is InChI=1S/C20H16IN3O/c1-13-6-3-4-9-18(13)24-20-19(21)16(11-22)17(12-23-20)14-7-5-8-15(10-14)25-2/h3-10,12H,1-2H3,(H,23,24). The Morgan fingerprint density at radius 1 is 1.16 bits per heavy atom. The van der Waals surface area contributed by atoms with Crippen molar-refractivity contribution >= 4 is 34.1 Å². The predicted molar refractivity (Wildman–Crippen MR) is 108 cm³/mol. The number of ether oxygens (including phenoxy) is 1. The van der Waals surface area contributed by atoms with Crippen LogP contribution in [0.3, 0.4) is 0 Å². The number of hydrogen-bond acceptors (Lipinski definition) is 4. The zero-order valence-corrected chi connectivity index (χ0v) is 16.0. The third kappa shape index (κ3) is 3.59. The molecule has 0 saturated heterocycles. The minimum atomic E-state index is 0.597. The van der Waals surface area contributed by atoms with E-state index in [1.54, 1.807) is 13.3 Å². The third-order valence-corrected chi connectivity index (χ3v) is 4.96. The lowest BCUT2D eigenvalue weighted by molar-refractivity contribution is 0.415. The molecule has 0 atom stereocenters. The number of para-hydroxylation sites is 1. The normalized spacial score (nSPS) is 10.2. The van der Waals surface area contributed by atoms with E-state index in [0.29, 0.717) is 11.4 Å². The van der Waals surface area contributed by atoms with Crippen LogP contribution in [0, 0.1) is 21.8 Å². The zero-order chi connectivity index (χ0) is 17.8. The Morgan fingerprint density at radius 2 is 1.96 bits per heavy atom. The molecular weight excluding hydrogens is 425 g/mol. The van der Waals surface area contributed by atoms with Gasteiger partial charge >= 0.3 is 0 Å². The van der Waals surface area contributed by atoms with E-state index in [0.717, 1.165) is 31.7 Å². The fourth-order valence-corrected chi connectivity index (χ4v) is 3.22. The van der Waals surface area contributed by atoms with Crippen molar-refractivity contribution < 1.29 is 4.74 Å². The van der Waals surface area contributed by atoms with E-state index in [1.165, 1.54) is 0 Å². The molecule has 0 fully saturated rings. The van der Waals surface area contributed by atoms with Gasteiger partial charge in [-0.25, -0.2) is 4.98 Å². The number of benzene rings is 2. The van der Waals surface area contributed by atoms with Gasteiger partial charge in [0.25, 0.3) is 0 Å². The molecule has 1 aromatic heterocycles. The van der Waals surface area contributed by atoms with Crippen LogP contribution in [0.15, 0.2) is 54.7 Å². The lowest BCUT2D eigenvalue weighted by Crippen LogP contribution is -2.01. The molecule has 5 heteroatoms. The Morgan fingerprint density at radius 3 is 2.68 bits per heavy atom. The Hall–Kier alpha value is -2.59. The maximum absolute atomic E-state index is 9.69. The first-order valence-electron chi connectivity index (χ1n) is 7.69. The second-order valence-corrected chi connectivity index (χ2v) is 6.57. The summed E-state index contributed by atoms with van der Waals surface area (Å²) >= 11 is 2.17. The summed E-state index contributed by atoms with van der Waals surface area (Å²) in [7, 11) is 1.63. The van der Waals surface area contributed by atoms with Crippen LogP contribution in [0.1, 0.15) is 11.1 Å². The van der Waals surface area contributed by atoms with Crippen LogP contribution in [0.5, 0.6) is 5.75 Å². The first kappa shape index (κ1) is 17.2. The van der Waals surface area contributed by atoms with Gasteiger partial charge in [-0.2, -0.15) is 5.26 Å². The van der Waals surface area contributed by atoms with Gasteiger partial charge in [-0.05, 0) is 58.8 Å². The molecule has 0 aliphatic rings. The van der Waals surface area contributed by atoms with Crippen molar-refractivity contribution in [3.63, 3.8) is 0 Å². The van der Waals surface area contributed by atoms with Crippen LogP contribution in [0.2, 0.25) is 0 Å². The van der Waals surface area contributed by atoms with Gasteiger partial charge in [-0.3, -0.25) is 0 Å². The molecule has 4 nitrogen and oxygen atoms in total. The number of nitrogens with one attached hydrogen (secondary N) is 1.